The second kappa shape index (κ2) is 10.4. The molecule has 5 nitrogen and oxygen atoms in total. The van der Waals surface area contributed by atoms with Crippen LogP contribution in [0.5, 0.6) is 5.75 Å². The lowest BCUT2D eigenvalue weighted by molar-refractivity contribution is -0.0705. The summed E-state index contributed by atoms with van der Waals surface area (Å²) in [5.41, 5.74) is 3.90. The lowest BCUT2D eigenvalue weighted by atomic mass is 10.1. The van der Waals surface area contributed by atoms with E-state index in [-0.39, 0.29) is 12.2 Å². The molecule has 0 amide bonds. The molecule has 1 fully saturated rings. The zero-order valence-corrected chi connectivity index (χ0v) is 17.6. The molecule has 3 atom stereocenters. The van der Waals surface area contributed by atoms with E-state index >= 15 is 0 Å². The van der Waals surface area contributed by atoms with E-state index in [4.69, 9.17) is 14.7 Å². The summed E-state index contributed by atoms with van der Waals surface area (Å²) in [5, 5.41) is 12.4. The molecular weight excluding hydrogens is 362 g/mol. The van der Waals surface area contributed by atoms with Crippen molar-refractivity contribution in [2.45, 2.75) is 58.7 Å². The summed E-state index contributed by atoms with van der Waals surface area (Å²) in [5.74, 6) is 0.724. The molecule has 0 bridgehead atoms. The maximum Gasteiger partial charge on any atom is 0.181 e. The van der Waals surface area contributed by atoms with Crippen LogP contribution < -0.4 is 10.1 Å². The van der Waals surface area contributed by atoms with Crippen LogP contribution in [-0.4, -0.2) is 36.3 Å². The normalized spacial score (nSPS) is 20.8. The molecule has 1 heterocycles. The van der Waals surface area contributed by atoms with Crippen LogP contribution in [0.25, 0.3) is 0 Å². The molecule has 5 heteroatoms. The van der Waals surface area contributed by atoms with Crippen molar-refractivity contribution in [3.63, 3.8) is 0 Å². The van der Waals surface area contributed by atoms with Crippen LogP contribution >= 0.6 is 0 Å². The molecule has 3 rings (SSSR count). The molecule has 0 radical (unpaired) electrons. The lowest BCUT2D eigenvalue weighted by Crippen LogP contribution is -2.45. The van der Waals surface area contributed by atoms with Gasteiger partial charge in [-0.3, -0.25) is 4.90 Å². The first-order valence-corrected chi connectivity index (χ1v) is 10.3. The van der Waals surface area contributed by atoms with Crippen molar-refractivity contribution in [3.8, 4) is 11.8 Å². The Morgan fingerprint density at radius 1 is 1.07 bits per heavy atom. The van der Waals surface area contributed by atoms with Crippen LogP contribution in [-0.2, 0) is 24.4 Å². The molecule has 0 aliphatic carbocycles. The largest absolute Gasteiger partial charge is 0.476 e. The van der Waals surface area contributed by atoms with Gasteiger partial charge in [-0.25, -0.2) is 0 Å². The highest BCUT2D eigenvalue weighted by Gasteiger charge is 2.22. The quantitative estimate of drug-likeness (QED) is 0.738. The minimum absolute atomic E-state index is 0.284. The van der Waals surface area contributed by atoms with Crippen LogP contribution in [0.1, 0.15) is 37.5 Å². The summed E-state index contributed by atoms with van der Waals surface area (Å²) in [7, 11) is 0. The number of hydrogen-bond donors (Lipinski definition) is 1. The highest BCUT2D eigenvalue weighted by Crippen LogP contribution is 2.18. The third-order valence-corrected chi connectivity index (χ3v) is 5.07. The van der Waals surface area contributed by atoms with Crippen molar-refractivity contribution >= 4 is 0 Å². The summed E-state index contributed by atoms with van der Waals surface area (Å²) >= 11 is 0. The third-order valence-electron chi connectivity index (χ3n) is 5.07. The van der Waals surface area contributed by atoms with Crippen molar-refractivity contribution in [1.29, 1.82) is 5.26 Å². The summed E-state index contributed by atoms with van der Waals surface area (Å²) in [4.78, 5) is 2.48. The molecule has 0 spiro atoms. The maximum atomic E-state index is 8.83. The van der Waals surface area contributed by atoms with Crippen LogP contribution in [0.3, 0.4) is 0 Å². The Morgan fingerprint density at radius 2 is 1.72 bits per heavy atom. The summed E-state index contributed by atoms with van der Waals surface area (Å²) < 4.78 is 11.4. The Kier molecular flexibility index (Phi) is 7.65. The SMILES string of the molecule is C[C@H](C#N)Oc1ccc(CNCc2ccccc2CN2C[C@H](C)O[C@@H](C)C2)cc1. The van der Waals surface area contributed by atoms with E-state index in [2.05, 4.69) is 54.4 Å². The molecule has 1 aliphatic heterocycles. The Labute approximate surface area is 174 Å². The van der Waals surface area contributed by atoms with Gasteiger partial charge in [0.15, 0.2) is 6.10 Å². The highest BCUT2D eigenvalue weighted by atomic mass is 16.5. The Bertz CT molecular complexity index is 806. The summed E-state index contributed by atoms with van der Waals surface area (Å²) in [6.07, 6.45) is 0.132. The molecule has 0 aromatic heterocycles. The number of rotatable bonds is 8. The van der Waals surface area contributed by atoms with Gasteiger partial charge in [0, 0.05) is 32.7 Å². The molecule has 1 N–H and O–H groups in total. The second-order valence-electron chi connectivity index (χ2n) is 7.86. The van der Waals surface area contributed by atoms with E-state index in [0.717, 1.165) is 38.5 Å². The monoisotopic (exact) mass is 393 g/mol. The fourth-order valence-electron chi connectivity index (χ4n) is 3.80. The number of ether oxygens (including phenoxy) is 2. The Balaban J connectivity index is 1.53. The predicted octanol–water partition coefficient (Wildman–Crippen LogP) is 3.88. The smallest absolute Gasteiger partial charge is 0.181 e. The first-order chi connectivity index (χ1) is 14.0. The topological polar surface area (TPSA) is 57.5 Å². The molecule has 0 unspecified atom stereocenters. The number of nitrogens with one attached hydrogen (secondary N) is 1. The minimum Gasteiger partial charge on any atom is -0.476 e. The van der Waals surface area contributed by atoms with E-state index in [1.54, 1.807) is 6.92 Å². The van der Waals surface area contributed by atoms with Crippen LogP contribution in [0.4, 0.5) is 0 Å². The number of benzene rings is 2. The van der Waals surface area contributed by atoms with Crippen LogP contribution in [0.2, 0.25) is 0 Å². The molecule has 1 aliphatic rings. The first-order valence-electron chi connectivity index (χ1n) is 10.3. The van der Waals surface area contributed by atoms with Crippen molar-refractivity contribution in [2.75, 3.05) is 13.1 Å². The van der Waals surface area contributed by atoms with Crippen molar-refractivity contribution < 1.29 is 9.47 Å². The van der Waals surface area contributed by atoms with Crippen LogP contribution in [0, 0.1) is 11.3 Å². The van der Waals surface area contributed by atoms with Gasteiger partial charge in [0.1, 0.15) is 11.8 Å². The van der Waals surface area contributed by atoms with Gasteiger partial charge in [0.25, 0.3) is 0 Å². The second-order valence-corrected chi connectivity index (χ2v) is 7.86. The number of nitriles is 1. The van der Waals surface area contributed by atoms with Gasteiger partial charge in [-0.2, -0.15) is 5.26 Å². The van der Waals surface area contributed by atoms with E-state index in [0.29, 0.717) is 0 Å². The van der Waals surface area contributed by atoms with Gasteiger partial charge in [-0.1, -0.05) is 36.4 Å². The zero-order valence-electron chi connectivity index (χ0n) is 17.6. The fraction of sp³-hybridized carbons (Fsp3) is 0.458. The standard InChI is InChI=1S/C24H31N3O2/c1-18(12-25)29-24-10-8-21(9-11-24)13-26-14-22-6-4-5-7-23(22)17-27-15-19(2)28-20(3)16-27/h4-11,18-20,26H,13-17H2,1-3H3/t18-,19+,20+/m1/s1. The van der Waals surface area contributed by atoms with Crippen molar-refractivity contribution in [3.05, 3.63) is 65.2 Å². The zero-order chi connectivity index (χ0) is 20.6. The molecule has 29 heavy (non-hydrogen) atoms. The van der Waals surface area contributed by atoms with Crippen molar-refractivity contribution in [2.24, 2.45) is 0 Å². The van der Waals surface area contributed by atoms with Gasteiger partial charge in [-0.15, -0.1) is 0 Å². The number of nitrogens with zero attached hydrogens (tertiary/aromatic N) is 2. The van der Waals surface area contributed by atoms with Gasteiger partial charge < -0.3 is 14.8 Å². The van der Waals surface area contributed by atoms with Gasteiger partial charge in [0.2, 0.25) is 0 Å². The Hall–Kier alpha value is -2.39. The molecular formula is C24H31N3O2. The summed E-state index contributed by atoms with van der Waals surface area (Å²) in [6, 6.07) is 18.6. The van der Waals surface area contributed by atoms with Crippen molar-refractivity contribution in [1.82, 2.24) is 10.2 Å². The minimum atomic E-state index is -0.437. The van der Waals surface area contributed by atoms with E-state index in [9.17, 15) is 0 Å². The average Bonchev–Trinajstić information content (AvgIpc) is 2.70. The Morgan fingerprint density at radius 3 is 2.38 bits per heavy atom. The molecule has 1 saturated heterocycles. The number of morpholine rings is 1. The van der Waals surface area contributed by atoms with Gasteiger partial charge in [0.05, 0.1) is 12.2 Å². The molecule has 0 saturated carbocycles. The van der Waals surface area contributed by atoms with Gasteiger partial charge >= 0.3 is 0 Å². The van der Waals surface area contributed by atoms with E-state index in [1.165, 1.54) is 16.7 Å². The molecule has 2 aromatic rings. The van der Waals surface area contributed by atoms with E-state index in [1.807, 2.05) is 24.3 Å². The highest BCUT2D eigenvalue weighted by molar-refractivity contribution is 5.29. The fourth-order valence-corrected chi connectivity index (χ4v) is 3.80. The lowest BCUT2D eigenvalue weighted by Gasteiger charge is -2.35. The first kappa shape index (κ1) is 21.3. The number of hydrogen-bond acceptors (Lipinski definition) is 5. The predicted molar refractivity (Wildman–Crippen MR) is 114 cm³/mol. The average molecular weight is 394 g/mol. The molecule has 154 valence electrons. The van der Waals surface area contributed by atoms with E-state index < -0.39 is 6.10 Å². The maximum absolute atomic E-state index is 8.83. The molecule has 2 aromatic carbocycles. The third kappa shape index (κ3) is 6.57. The summed E-state index contributed by atoms with van der Waals surface area (Å²) in [6.45, 7) is 10.6. The van der Waals surface area contributed by atoms with Gasteiger partial charge in [-0.05, 0) is 49.6 Å². The van der Waals surface area contributed by atoms with Crippen LogP contribution in [0.15, 0.2) is 48.5 Å².